The summed E-state index contributed by atoms with van der Waals surface area (Å²) in [7, 11) is 0. The maximum atomic E-state index is 14.9. The lowest BCUT2D eigenvalue weighted by Gasteiger charge is -2.28. The van der Waals surface area contributed by atoms with Crippen LogP contribution in [0.15, 0.2) is 36.7 Å². The summed E-state index contributed by atoms with van der Waals surface area (Å²) in [5, 5.41) is 6.52. The first-order valence-corrected chi connectivity index (χ1v) is 12.5. The normalized spacial score (nSPS) is 17.0. The first-order chi connectivity index (χ1) is 17.3. The van der Waals surface area contributed by atoms with Gasteiger partial charge < -0.3 is 15.2 Å². The smallest absolute Gasteiger partial charge is 0.229 e. The maximum Gasteiger partial charge on any atom is 0.229 e. The predicted octanol–water partition coefficient (Wildman–Crippen LogP) is 5.90. The highest BCUT2D eigenvalue weighted by atomic mass is 19.1. The molecule has 2 N–H and O–H groups in total. The van der Waals surface area contributed by atoms with E-state index in [1.807, 2.05) is 37.6 Å². The molecule has 0 aliphatic carbocycles. The number of hydrogen-bond acceptors (Lipinski definition) is 6. The number of benzene rings is 1. The number of anilines is 2. The SMILES string of the molecule is Cc1nc2c(F)cc(-c3nc(Nc4ccc(C(C)[C@@H]5CCCNC5)cn4)ncc3F)cc2n1C(C)C. The molecule has 1 unspecified atom stereocenters. The van der Waals surface area contributed by atoms with E-state index in [9.17, 15) is 8.78 Å². The van der Waals surface area contributed by atoms with E-state index < -0.39 is 11.6 Å². The molecule has 4 heterocycles. The minimum Gasteiger partial charge on any atom is -0.326 e. The topological polar surface area (TPSA) is 80.6 Å². The molecule has 2 atom stereocenters. The molecule has 0 radical (unpaired) electrons. The Morgan fingerprint density at radius 2 is 1.89 bits per heavy atom. The summed E-state index contributed by atoms with van der Waals surface area (Å²) in [6.45, 7) is 10.2. The number of aryl methyl sites for hydroxylation is 1. The summed E-state index contributed by atoms with van der Waals surface area (Å²) in [6, 6.07) is 7.00. The van der Waals surface area contributed by atoms with Crippen LogP contribution in [0, 0.1) is 24.5 Å². The standard InChI is InChI=1S/C27H31F2N7/c1-15(2)36-17(4)33-26-21(28)10-20(11-23(26)36)25-22(29)14-32-27(35-25)34-24-8-7-19(13-31-24)16(3)18-6-5-9-30-12-18/h7-8,10-11,13-16,18,30H,5-6,9,12H2,1-4H3,(H,31,32,34,35)/t16?,18-/m1/s1. The van der Waals surface area contributed by atoms with E-state index in [0.29, 0.717) is 34.6 Å². The molecule has 1 aliphatic heterocycles. The number of nitrogens with one attached hydrogen (secondary N) is 2. The molecule has 1 fully saturated rings. The molecule has 4 aromatic rings. The Balaban J connectivity index is 1.41. The van der Waals surface area contributed by atoms with Crippen molar-refractivity contribution in [1.82, 2.24) is 29.8 Å². The maximum absolute atomic E-state index is 14.9. The van der Waals surface area contributed by atoms with Gasteiger partial charge in [-0.3, -0.25) is 0 Å². The fourth-order valence-electron chi connectivity index (χ4n) is 5.13. The van der Waals surface area contributed by atoms with Crippen molar-refractivity contribution in [3.63, 3.8) is 0 Å². The van der Waals surface area contributed by atoms with E-state index in [1.54, 1.807) is 6.07 Å². The van der Waals surface area contributed by atoms with Crippen LogP contribution in [0.2, 0.25) is 0 Å². The molecule has 0 amide bonds. The molecule has 36 heavy (non-hydrogen) atoms. The molecule has 1 aromatic carbocycles. The minimum atomic E-state index is -0.634. The van der Waals surface area contributed by atoms with Crippen molar-refractivity contribution in [3.05, 3.63) is 59.7 Å². The number of rotatable bonds is 6. The van der Waals surface area contributed by atoms with E-state index in [0.717, 1.165) is 19.3 Å². The fourth-order valence-corrected chi connectivity index (χ4v) is 5.13. The van der Waals surface area contributed by atoms with E-state index >= 15 is 0 Å². The number of pyridine rings is 1. The molecule has 3 aromatic heterocycles. The summed E-state index contributed by atoms with van der Waals surface area (Å²) in [6.07, 6.45) is 5.36. The largest absolute Gasteiger partial charge is 0.326 e. The molecule has 7 nitrogen and oxygen atoms in total. The number of halogens is 2. The number of hydrogen-bond donors (Lipinski definition) is 2. The molecule has 9 heteroatoms. The summed E-state index contributed by atoms with van der Waals surface area (Å²) in [5.41, 5.74) is 2.38. The number of aromatic nitrogens is 5. The van der Waals surface area contributed by atoms with Gasteiger partial charge >= 0.3 is 0 Å². The Labute approximate surface area is 209 Å². The molecule has 1 aliphatic rings. The van der Waals surface area contributed by atoms with Crippen molar-refractivity contribution in [1.29, 1.82) is 0 Å². The van der Waals surface area contributed by atoms with E-state index in [1.165, 1.54) is 24.5 Å². The molecule has 0 bridgehead atoms. The molecule has 1 saturated heterocycles. The number of piperidine rings is 1. The number of imidazole rings is 1. The van der Waals surface area contributed by atoms with Crippen LogP contribution in [0.5, 0.6) is 0 Å². The van der Waals surface area contributed by atoms with Gasteiger partial charge in [-0.15, -0.1) is 0 Å². The van der Waals surface area contributed by atoms with Crippen LogP contribution in [0.4, 0.5) is 20.5 Å². The molecule has 0 saturated carbocycles. The molecular formula is C27H31F2N7. The predicted molar refractivity (Wildman–Crippen MR) is 137 cm³/mol. The quantitative estimate of drug-likeness (QED) is 0.349. The van der Waals surface area contributed by atoms with Crippen LogP contribution in [0.1, 0.15) is 57.0 Å². The minimum absolute atomic E-state index is 0.0116. The first-order valence-electron chi connectivity index (χ1n) is 12.5. The Bertz CT molecular complexity index is 1380. The second-order valence-corrected chi connectivity index (χ2v) is 9.84. The van der Waals surface area contributed by atoms with Crippen LogP contribution < -0.4 is 10.6 Å². The second kappa shape index (κ2) is 9.89. The highest BCUT2D eigenvalue weighted by molar-refractivity contribution is 5.83. The van der Waals surface area contributed by atoms with Crippen molar-refractivity contribution >= 4 is 22.8 Å². The second-order valence-electron chi connectivity index (χ2n) is 9.84. The lowest BCUT2D eigenvalue weighted by atomic mass is 9.83. The van der Waals surface area contributed by atoms with Gasteiger partial charge in [0.1, 0.15) is 22.9 Å². The van der Waals surface area contributed by atoms with Gasteiger partial charge in [0.15, 0.2) is 11.6 Å². The average molecular weight is 492 g/mol. The lowest BCUT2D eigenvalue weighted by molar-refractivity contribution is 0.334. The summed E-state index contributed by atoms with van der Waals surface area (Å²) in [4.78, 5) is 17.3. The van der Waals surface area contributed by atoms with Gasteiger partial charge in [-0.05, 0) is 82.3 Å². The van der Waals surface area contributed by atoms with Crippen LogP contribution in [-0.4, -0.2) is 37.6 Å². The average Bonchev–Trinajstić information content (AvgIpc) is 3.22. The van der Waals surface area contributed by atoms with Gasteiger partial charge in [0.2, 0.25) is 5.95 Å². The zero-order valence-electron chi connectivity index (χ0n) is 21.0. The monoisotopic (exact) mass is 491 g/mol. The van der Waals surface area contributed by atoms with Gasteiger partial charge in [-0.2, -0.15) is 0 Å². The van der Waals surface area contributed by atoms with Crippen LogP contribution in [0.3, 0.4) is 0 Å². The summed E-state index contributed by atoms with van der Waals surface area (Å²) in [5.74, 6) is 1.29. The zero-order chi connectivity index (χ0) is 25.4. The Morgan fingerprint density at radius 3 is 2.58 bits per heavy atom. The van der Waals surface area contributed by atoms with E-state index in [4.69, 9.17) is 0 Å². The number of fused-ring (bicyclic) bond motifs is 1. The third kappa shape index (κ3) is 4.67. The Kier molecular flexibility index (Phi) is 6.66. The first kappa shape index (κ1) is 24.2. The van der Waals surface area contributed by atoms with Gasteiger partial charge in [0.25, 0.3) is 0 Å². The van der Waals surface area contributed by atoms with Gasteiger partial charge in [-0.1, -0.05) is 13.0 Å². The zero-order valence-corrected chi connectivity index (χ0v) is 21.0. The van der Waals surface area contributed by atoms with Crippen LogP contribution in [0.25, 0.3) is 22.3 Å². The highest BCUT2D eigenvalue weighted by Crippen LogP contribution is 2.31. The molecular weight excluding hydrogens is 460 g/mol. The molecule has 188 valence electrons. The Hall–Kier alpha value is -3.46. The van der Waals surface area contributed by atoms with Gasteiger partial charge in [0, 0.05) is 17.8 Å². The Morgan fingerprint density at radius 1 is 1.06 bits per heavy atom. The van der Waals surface area contributed by atoms with Crippen LogP contribution >= 0.6 is 0 Å². The van der Waals surface area contributed by atoms with E-state index in [-0.39, 0.29) is 23.2 Å². The number of nitrogens with zero attached hydrogens (tertiary/aromatic N) is 5. The van der Waals surface area contributed by atoms with Gasteiger partial charge in [-0.25, -0.2) is 28.7 Å². The fraction of sp³-hybridized carbons (Fsp3) is 0.407. The van der Waals surface area contributed by atoms with Crippen molar-refractivity contribution in [3.8, 4) is 11.3 Å². The molecule has 5 rings (SSSR count). The summed E-state index contributed by atoms with van der Waals surface area (Å²) < 4.78 is 31.7. The van der Waals surface area contributed by atoms with E-state index in [2.05, 4.69) is 43.6 Å². The van der Waals surface area contributed by atoms with Gasteiger partial charge in [0.05, 0.1) is 11.7 Å². The molecule has 0 spiro atoms. The van der Waals surface area contributed by atoms with Crippen molar-refractivity contribution in [2.45, 2.75) is 52.5 Å². The lowest BCUT2D eigenvalue weighted by Crippen LogP contribution is -2.32. The van der Waals surface area contributed by atoms with Crippen molar-refractivity contribution in [2.24, 2.45) is 5.92 Å². The third-order valence-corrected chi connectivity index (χ3v) is 7.05. The van der Waals surface area contributed by atoms with Crippen molar-refractivity contribution < 1.29 is 8.78 Å². The highest BCUT2D eigenvalue weighted by Gasteiger charge is 2.22. The summed E-state index contributed by atoms with van der Waals surface area (Å²) >= 11 is 0. The van der Waals surface area contributed by atoms with Crippen molar-refractivity contribution in [2.75, 3.05) is 18.4 Å². The van der Waals surface area contributed by atoms with Crippen LogP contribution in [-0.2, 0) is 0 Å². The third-order valence-electron chi connectivity index (χ3n) is 7.05.